The van der Waals surface area contributed by atoms with Gasteiger partial charge in [0.2, 0.25) is 5.91 Å². The van der Waals surface area contributed by atoms with Gasteiger partial charge in [-0.25, -0.2) is 4.18 Å². The third-order valence-electron chi connectivity index (χ3n) is 13.5. The van der Waals surface area contributed by atoms with Crippen molar-refractivity contribution in [1.29, 1.82) is 0 Å². The molecule has 1 aliphatic heterocycles. The molecule has 0 saturated carbocycles. The van der Waals surface area contributed by atoms with Gasteiger partial charge in [-0.05, 0) is 44.9 Å². The molecule has 6 N–H and O–H groups in total. The van der Waals surface area contributed by atoms with Crippen molar-refractivity contribution in [2.24, 2.45) is 0 Å². The summed E-state index contributed by atoms with van der Waals surface area (Å²) < 4.78 is 47.8. The normalized spacial score (nSPS) is 19.9. The van der Waals surface area contributed by atoms with Gasteiger partial charge in [0.25, 0.3) is 0 Å². The Morgan fingerprint density at radius 2 is 0.941 bits per heavy atom. The number of ether oxygens (including phenoxy) is 2. The molecule has 0 aromatic rings. The van der Waals surface area contributed by atoms with Crippen LogP contribution in [-0.2, 0) is 28.9 Å². The molecule has 7 atom stereocenters. The fraction of sp³-hybridized carbons (Fsp3) is 0.909. The van der Waals surface area contributed by atoms with Gasteiger partial charge in [-0.2, -0.15) is 8.42 Å². The average molecular weight is 989 g/mol. The first-order chi connectivity index (χ1) is 33.0. The third kappa shape index (κ3) is 37.4. The van der Waals surface area contributed by atoms with Crippen LogP contribution in [0.1, 0.15) is 264 Å². The SMILES string of the molecule is CCCCCCCCC/C=C\CCCCCCCC(=O)NC(COC1OC(CO)C(O)C(OS(=O)(=O)O)C1O)C(O)/C=C/CCCCCCCCCCCCCCCCCCCCCCCCC. The molecule has 0 aromatic heterocycles. The number of aliphatic hydroxyl groups excluding tert-OH is 4. The van der Waals surface area contributed by atoms with E-state index in [0.717, 1.165) is 57.8 Å². The van der Waals surface area contributed by atoms with Crippen LogP contribution >= 0.6 is 0 Å². The van der Waals surface area contributed by atoms with Gasteiger partial charge < -0.3 is 35.2 Å². The van der Waals surface area contributed by atoms with Crippen LogP contribution in [0.25, 0.3) is 0 Å². The average Bonchev–Trinajstić information content (AvgIpc) is 3.31. The number of allylic oxidation sites excluding steroid dienone is 3. The molecule has 7 unspecified atom stereocenters. The molecule has 1 fully saturated rings. The highest BCUT2D eigenvalue weighted by Crippen LogP contribution is 2.26. The molecule has 0 bridgehead atoms. The number of hydrogen-bond acceptors (Lipinski definition) is 10. The van der Waals surface area contributed by atoms with Crippen LogP contribution in [0.5, 0.6) is 0 Å². The molecule has 0 radical (unpaired) electrons. The van der Waals surface area contributed by atoms with E-state index in [1.165, 1.54) is 180 Å². The summed E-state index contributed by atoms with van der Waals surface area (Å²) in [6.07, 6.45) is 46.5. The molecule has 1 aliphatic rings. The largest absolute Gasteiger partial charge is 0.397 e. The van der Waals surface area contributed by atoms with Gasteiger partial charge in [0.1, 0.15) is 24.4 Å². The van der Waals surface area contributed by atoms with Crippen LogP contribution in [0.4, 0.5) is 0 Å². The molecule has 0 spiro atoms. The Bertz CT molecular complexity index is 1300. The van der Waals surface area contributed by atoms with E-state index in [-0.39, 0.29) is 18.9 Å². The van der Waals surface area contributed by atoms with E-state index in [9.17, 15) is 38.2 Å². The molecule has 68 heavy (non-hydrogen) atoms. The number of amides is 1. The van der Waals surface area contributed by atoms with Crippen molar-refractivity contribution < 1.29 is 51.8 Å². The van der Waals surface area contributed by atoms with Crippen LogP contribution in [0.2, 0.25) is 0 Å². The number of aliphatic hydroxyl groups is 4. The van der Waals surface area contributed by atoms with E-state index in [1.54, 1.807) is 6.08 Å². The zero-order valence-electron chi connectivity index (χ0n) is 43.4. The van der Waals surface area contributed by atoms with E-state index in [2.05, 4.69) is 35.5 Å². The maximum Gasteiger partial charge on any atom is 0.397 e. The predicted octanol–water partition coefficient (Wildman–Crippen LogP) is 12.8. The van der Waals surface area contributed by atoms with Crippen molar-refractivity contribution in [3.8, 4) is 0 Å². The Labute approximate surface area is 416 Å². The van der Waals surface area contributed by atoms with Gasteiger partial charge in [0.15, 0.2) is 6.29 Å². The Morgan fingerprint density at radius 3 is 1.32 bits per heavy atom. The fourth-order valence-corrected chi connectivity index (χ4v) is 9.61. The van der Waals surface area contributed by atoms with Crippen molar-refractivity contribution in [3.63, 3.8) is 0 Å². The minimum absolute atomic E-state index is 0.260. The van der Waals surface area contributed by atoms with Crippen LogP contribution in [0, 0.1) is 0 Å². The first-order valence-corrected chi connectivity index (χ1v) is 29.6. The number of nitrogens with one attached hydrogen (secondary N) is 1. The fourth-order valence-electron chi connectivity index (χ4n) is 9.10. The molecular formula is C55H105NO11S. The molecule has 0 aromatic carbocycles. The summed E-state index contributed by atoms with van der Waals surface area (Å²) in [5.74, 6) is -0.268. The molecule has 1 rings (SSSR count). The van der Waals surface area contributed by atoms with Gasteiger partial charge in [-0.3, -0.25) is 9.35 Å². The number of carbonyl (C=O) groups is 1. The number of rotatable bonds is 49. The molecule has 1 heterocycles. The van der Waals surface area contributed by atoms with Crippen molar-refractivity contribution in [2.75, 3.05) is 13.2 Å². The maximum atomic E-state index is 13.1. The van der Waals surface area contributed by atoms with Crippen molar-refractivity contribution in [1.82, 2.24) is 5.32 Å². The second-order valence-electron chi connectivity index (χ2n) is 19.9. The van der Waals surface area contributed by atoms with E-state index in [1.807, 2.05) is 6.08 Å². The minimum atomic E-state index is -5.09. The Kier molecular flexibility index (Phi) is 43.2. The summed E-state index contributed by atoms with van der Waals surface area (Å²) in [6, 6.07) is -0.947. The second kappa shape index (κ2) is 45.4. The first-order valence-electron chi connectivity index (χ1n) is 28.2. The third-order valence-corrected chi connectivity index (χ3v) is 13.9. The van der Waals surface area contributed by atoms with E-state index in [0.29, 0.717) is 6.42 Å². The molecule has 13 heteroatoms. The lowest BCUT2D eigenvalue weighted by atomic mass is 9.99. The molecule has 1 amide bonds. The highest BCUT2D eigenvalue weighted by atomic mass is 32.3. The highest BCUT2D eigenvalue weighted by Gasteiger charge is 2.48. The quantitative estimate of drug-likeness (QED) is 0.0193. The smallest absolute Gasteiger partial charge is 0.394 e. The Hall–Kier alpha value is -1.42. The Balaban J connectivity index is 2.38. The zero-order chi connectivity index (χ0) is 49.8. The van der Waals surface area contributed by atoms with Gasteiger partial charge in [0, 0.05) is 6.42 Å². The van der Waals surface area contributed by atoms with Crippen molar-refractivity contribution in [3.05, 3.63) is 24.3 Å². The van der Waals surface area contributed by atoms with Gasteiger partial charge >= 0.3 is 10.4 Å². The lowest BCUT2D eigenvalue weighted by molar-refractivity contribution is -0.298. The lowest BCUT2D eigenvalue weighted by Crippen LogP contribution is -2.61. The summed E-state index contributed by atoms with van der Waals surface area (Å²) in [5.41, 5.74) is 0. The Morgan fingerprint density at radius 1 is 0.574 bits per heavy atom. The standard InChI is InChI=1S/C55H105NO11S/c1-3-5-7-9-11-13-15-17-19-21-22-23-24-25-26-27-28-29-30-32-34-36-38-40-42-44-49(58)48(47-65-55-53(61)54(67-68(62,63)64)52(60)50(46-57)66-55)56-51(59)45-43-41-39-37-35-33-31-20-18-16-14-12-10-8-6-4-2/h20,31,42,44,48-50,52-55,57-58,60-61H,3-19,21-30,32-41,43,45-47H2,1-2H3,(H,56,59)(H,62,63,64)/b31-20-,44-42+. The minimum Gasteiger partial charge on any atom is -0.394 e. The molecule has 0 aliphatic carbocycles. The number of unbranched alkanes of at least 4 members (excludes halogenated alkanes) is 35. The summed E-state index contributed by atoms with van der Waals surface area (Å²) in [7, 11) is -5.09. The maximum absolute atomic E-state index is 13.1. The highest BCUT2D eigenvalue weighted by molar-refractivity contribution is 7.80. The van der Waals surface area contributed by atoms with E-state index >= 15 is 0 Å². The monoisotopic (exact) mass is 988 g/mol. The first kappa shape index (κ1) is 64.6. The topological polar surface area (TPSA) is 192 Å². The second-order valence-corrected chi connectivity index (χ2v) is 20.9. The van der Waals surface area contributed by atoms with Crippen LogP contribution in [-0.4, -0.2) is 95.4 Å². The van der Waals surface area contributed by atoms with Gasteiger partial charge in [-0.15, -0.1) is 0 Å². The molecule has 402 valence electrons. The van der Waals surface area contributed by atoms with Crippen LogP contribution in [0.3, 0.4) is 0 Å². The summed E-state index contributed by atoms with van der Waals surface area (Å²) in [6.45, 7) is 3.41. The van der Waals surface area contributed by atoms with Crippen molar-refractivity contribution in [2.45, 2.75) is 307 Å². The summed E-state index contributed by atoms with van der Waals surface area (Å²) in [5, 5.41) is 44.9. The van der Waals surface area contributed by atoms with Crippen LogP contribution in [0.15, 0.2) is 24.3 Å². The van der Waals surface area contributed by atoms with Crippen molar-refractivity contribution >= 4 is 16.3 Å². The zero-order valence-corrected chi connectivity index (χ0v) is 44.3. The van der Waals surface area contributed by atoms with E-state index in [4.69, 9.17) is 9.47 Å². The van der Waals surface area contributed by atoms with Crippen LogP contribution < -0.4 is 5.32 Å². The number of hydrogen-bond donors (Lipinski definition) is 6. The predicted molar refractivity (Wildman–Crippen MR) is 278 cm³/mol. The lowest BCUT2D eigenvalue weighted by Gasteiger charge is -2.41. The summed E-state index contributed by atoms with van der Waals surface area (Å²) >= 11 is 0. The molecule has 1 saturated heterocycles. The molecular weight excluding hydrogens is 883 g/mol. The molecule has 12 nitrogen and oxygen atoms in total. The van der Waals surface area contributed by atoms with Gasteiger partial charge in [0.05, 0.1) is 25.4 Å². The summed E-state index contributed by atoms with van der Waals surface area (Å²) in [4.78, 5) is 13.1. The van der Waals surface area contributed by atoms with E-state index < -0.39 is 59.9 Å². The van der Waals surface area contributed by atoms with Gasteiger partial charge in [-0.1, -0.05) is 237 Å². The number of carbonyl (C=O) groups excluding carboxylic acids is 1.